The first-order chi connectivity index (χ1) is 26.8. The normalized spacial score (nSPS) is 11.9. The van der Waals surface area contributed by atoms with Crippen molar-refractivity contribution in [2.24, 2.45) is 0 Å². The van der Waals surface area contributed by atoms with Crippen LogP contribution in [-0.2, 0) is 35.9 Å². The zero-order valence-corrected chi connectivity index (χ0v) is 50.0. The number of halogens is 1. The molecule has 0 aliphatic carbocycles. The number of aromatic amines is 1. The predicted molar refractivity (Wildman–Crippen MR) is 247 cm³/mol. The third-order valence-corrected chi connectivity index (χ3v) is 19.6. The Kier molecular flexibility index (Phi) is 27.2. The van der Waals surface area contributed by atoms with Crippen molar-refractivity contribution < 1.29 is 128 Å². The van der Waals surface area contributed by atoms with Gasteiger partial charge >= 0.3 is 103 Å². The van der Waals surface area contributed by atoms with Gasteiger partial charge in [-0.1, -0.05) is 99.0 Å². The molecule has 0 aromatic carbocycles. The molecule has 4 aromatic rings. The summed E-state index contributed by atoms with van der Waals surface area (Å²) in [7, 11) is -3.29. The Hall–Kier alpha value is -0.544. The Bertz CT molecular complexity index is 2030. The number of alkyl halides is 1. The molecule has 0 unspecified atom stereocenters. The van der Waals surface area contributed by atoms with Gasteiger partial charge in [-0.15, -0.1) is 0 Å². The first-order valence-corrected chi connectivity index (χ1v) is 26.4. The summed E-state index contributed by atoms with van der Waals surface area (Å²) >= 11 is 3.37. The number of nitrogens with one attached hydrogen (secondary N) is 1. The van der Waals surface area contributed by atoms with E-state index in [1.807, 2.05) is 12.1 Å². The number of aromatic nitrogens is 6. The van der Waals surface area contributed by atoms with E-state index in [9.17, 15) is 9.59 Å². The molecule has 0 radical (unpaired) electrons. The smallest absolute Gasteiger partial charge is 1.00 e. The van der Waals surface area contributed by atoms with Crippen molar-refractivity contribution in [3.8, 4) is 11.4 Å². The molecule has 0 aliphatic heterocycles. The van der Waals surface area contributed by atoms with Gasteiger partial charge in [0.25, 0.3) is 12.0 Å². The van der Waals surface area contributed by atoms with Crippen LogP contribution in [0.3, 0.4) is 0 Å². The molecule has 0 saturated carbocycles. The Morgan fingerprint density at radius 2 is 1.16 bits per heavy atom. The number of nitrogens with zero attached hydrogens (tertiary/aromatic N) is 5. The van der Waals surface area contributed by atoms with Gasteiger partial charge in [-0.25, -0.2) is 9.36 Å². The van der Waals surface area contributed by atoms with E-state index in [1.165, 1.54) is 6.07 Å². The van der Waals surface area contributed by atoms with E-state index in [0.717, 1.165) is 34.7 Å². The number of anilines is 2. The topological polar surface area (TPSA) is 210 Å². The monoisotopic (exact) mass is 1000 g/mol. The van der Waals surface area contributed by atoms with E-state index in [1.54, 1.807) is 44.5 Å². The second-order valence-electron chi connectivity index (χ2n) is 19.2. The number of hydrogen-bond donors (Lipinski definition) is 3. The number of carbonyl (C=O) groups is 1. The van der Waals surface area contributed by atoms with E-state index in [-0.39, 0.29) is 138 Å². The molecule has 0 aliphatic rings. The molecule has 0 spiro atoms. The van der Waals surface area contributed by atoms with Gasteiger partial charge in [-0.2, -0.15) is 10.2 Å². The average Bonchev–Trinajstić information content (AvgIpc) is 3.71. The van der Waals surface area contributed by atoms with Gasteiger partial charge in [0.2, 0.25) is 5.56 Å². The van der Waals surface area contributed by atoms with Crippen LogP contribution in [0.5, 0.6) is 0 Å². The Balaban J connectivity index is -0.000000854. The van der Waals surface area contributed by atoms with Crippen molar-refractivity contribution in [3.63, 3.8) is 0 Å². The number of H-pyrrole nitrogens is 1. The molecule has 4 heterocycles. The zero-order valence-electron chi connectivity index (χ0n) is 41.2. The maximum atomic E-state index is 12.3. The fourth-order valence-electron chi connectivity index (χ4n) is 4.42. The summed E-state index contributed by atoms with van der Waals surface area (Å²) in [6.07, 6.45) is 3.39. The minimum absolute atomic E-state index is 0. The van der Waals surface area contributed by atoms with E-state index in [2.05, 4.69) is 145 Å². The van der Waals surface area contributed by atoms with E-state index in [4.69, 9.17) is 30.4 Å². The van der Waals surface area contributed by atoms with Gasteiger partial charge in [0.1, 0.15) is 11.6 Å². The molecule has 5 N–H and O–H groups in total. The summed E-state index contributed by atoms with van der Waals surface area (Å²) in [5.41, 5.74) is 15.1. The minimum atomic E-state index is -1.83. The number of rotatable bonds is 10. The summed E-state index contributed by atoms with van der Waals surface area (Å²) in [5.74, 6) is 1.12. The van der Waals surface area contributed by atoms with Crippen LogP contribution in [0.4, 0.5) is 11.6 Å². The summed E-state index contributed by atoms with van der Waals surface area (Å²) in [6, 6.07) is 10.2. The van der Waals surface area contributed by atoms with Crippen LogP contribution in [0.25, 0.3) is 11.4 Å². The van der Waals surface area contributed by atoms with Crippen LogP contribution in [-0.4, -0.2) is 70.8 Å². The van der Waals surface area contributed by atoms with Gasteiger partial charge in [-0.3, -0.25) is 14.4 Å². The van der Waals surface area contributed by atoms with Crippen molar-refractivity contribution in [1.82, 2.24) is 29.1 Å². The van der Waals surface area contributed by atoms with Crippen molar-refractivity contribution >= 4 is 50.7 Å². The van der Waals surface area contributed by atoms with Crippen LogP contribution >= 0.6 is 15.9 Å². The molecule has 0 saturated heterocycles. The van der Waals surface area contributed by atoms with E-state index in [0.29, 0.717) is 29.8 Å². The second kappa shape index (κ2) is 26.6. The molecule has 61 heavy (non-hydrogen) atoms. The Labute approximate surface area is 460 Å². The molecule has 334 valence electrons. The van der Waals surface area contributed by atoms with E-state index < -0.39 is 16.6 Å². The maximum Gasteiger partial charge on any atom is 1.00 e. The van der Waals surface area contributed by atoms with Crippen molar-refractivity contribution in [3.05, 3.63) is 80.9 Å². The second-order valence-corrected chi connectivity index (χ2v) is 29.6. The van der Waals surface area contributed by atoms with Crippen LogP contribution in [0.2, 0.25) is 36.3 Å². The molecule has 20 heteroatoms. The van der Waals surface area contributed by atoms with Gasteiger partial charge in [0.05, 0.1) is 29.4 Å². The SMILES string of the molecule is CC(C)(C)[Si](C)(C)OCCBr.CC(C)(C)c1cc(N)n(-c2ccc(=O)[nH]c2)n1.CC(C)(C)c1cc(N)n(-c2ccc(=O)n(CCO[Si](C)(C)C(C)(C)C)c2)n1.O=CO[O-].[H-].[K+].[K+]. The Morgan fingerprint density at radius 1 is 0.754 bits per heavy atom. The van der Waals surface area contributed by atoms with Crippen LogP contribution in [0, 0.1) is 0 Å². The predicted octanol–water partition coefficient (Wildman–Crippen LogP) is 1.33. The van der Waals surface area contributed by atoms with Crippen LogP contribution in [0.15, 0.2) is 58.4 Å². The fourth-order valence-corrected chi connectivity index (χ4v) is 6.96. The van der Waals surface area contributed by atoms with Crippen molar-refractivity contribution in [2.45, 2.75) is 137 Å². The standard InChI is InChI=1S/C20H34N4O2Si.C12H16N4O.C8H19BrOSi.CH2O3.2K.H/c1-19(2,3)16-13-17(21)24(22-16)15-9-10-18(25)23(14-15)11-12-26-27(7,8)20(4,5)6;1-12(2,3)9-6-10(13)16(15-9)8-4-5-11(17)14-7-8;1-8(2,3)11(4,5)10-7-6-9;2-1-4-3;;;/h9-10,13-14H,11-12,21H2,1-8H3;4-7H,13H2,1-3H3,(H,14,17);6-7H2,1-5H3;1,3H;;;/q;;;;2*+1;-1/p-1. The average molecular weight is 1000 g/mol. The summed E-state index contributed by atoms with van der Waals surface area (Å²) in [5, 5.41) is 18.9. The maximum absolute atomic E-state index is 12.3. The van der Waals surface area contributed by atoms with Crippen LogP contribution in [0.1, 0.15) is 95.9 Å². The molecule has 0 amide bonds. The quantitative estimate of drug-likeness (QED) is 0.0679. The van der Waals surface area contributed by atoms with Gasteiger partial charge in [-0.05, 0) is 48.4 Å². The zero-order chi connectivity index (χ0) is 45.8. The molecule has 15 nitrogen and oxygen atoms in total. The third kappa shape index (κ3) is 20.7. The van der Waals surface area contributed by atoms with Gasteiger partial charge in [0.15, 0.2) is 16.6 Å². The molecule has 0 fully saturated rings. The van der Waals surface area contributed by atoms with E-state index >= 15 is 0 Å². The summed E-state index contributed by atoms with van der Waals surface area (Å²) < 4.78 is 17.0. The molecule has 0 bridgehead atoms. The molecule has 4 aromatic heterocycles. The van der Waals surface area contributed by atoms with Crippen LogP contribution < -0.4 is 131 Å². The number of pyridine rings is 2. The summed E-state index contributed by atoms with van der Waals surface area (Å²) in [6.45, 7) is 36.6. The number of hydrogen-bond acceptors (Lipinski definition) is 11. The van der Waals surface area contributed by atoms with Crippen molar-refractivity contribution in [1.29, 1.82) is 0 Å². The molecular formula is C41H71BrK2N8O7Si2. The number of carbonyl (C=O) groups excluding carboxylic acids is 1. The first-order valence-electron chi connectivity index (χ1n) is 19.5. The number of nitrogens with two attached hydrogens (primary N) is 2. The third-order valence-electron chi connectivity index (χ3n) is 10.2. The Morgan fingerprint density at radius 3 is 1.51 bits per heavy atom. The van der Waals surface area contributed by atoms with Gasteiger partial charge < -0.3 is 41.4 Å². The van der Waals surface area contributed by atoms with Crippen molar-refractivity contribution in [2.75, 3.05) is 30.0 Å². The first kappa shape index (κ1) is 62.5. The minimum Gasteiger partial charge on any atom is -1.00 e. The molecule has 0 atom stereocenters. The fraction of sp³-hybridized carbons (Fsp3) is 0.585. The largest absolute Gasteiger partial charge is 1.00 e. The summed E-state index contributed by atoms with van der Waals surface area (Å²) in [4.78, 5) is 37.1. The molecular weight excluding hydrogens is 931 g/mol. The van der Waals surface area contributed by atoms with Gasteiger partial charge in [0, 0.05) is 66.0 Å². The molecule has 4 rings (SSSR count). The number of nitrogen functional groups attached to an aromatic ring is 2.